The summed E-state index contributed by atoms with van der Waals surface area (Å²) in [7, 11) is 0. The van der Waals surface area contributed by atoms with E-state index in [2.05, 4.69) is 9.97 Å². The number of fused-ring (bicyclic) bond motifs is 1. The van der Waals surface area contributed by atoms with E-state index in [1.54, 1.807) is 12.3 Å². The van der Waals surface area contributed by atoms with Crippen LogP contribution in [0.1, 0.15) is 15.9 Å². The predicted molar refractivity (Wildman–Crippen MR) is 77.3 cm³/mol. The first-order chi connectivity index (χ1) is 10.2. The highest BCUT2D eigenvalue weighted by molar-refractivity contribution is 5.91. The first kappa shape index (κ1) is 13.1. The lowest BCUT2D eigenvalue weighted by Crippen LogP contribution is -1.99. The zero-order chi connectivity index (χ0) is 14.7. The minimum absolute atomic E-state index is 0.118. The van der Waals surface area contributed by atoms with E-state index < -0.39 is 5.97 Å². The number of aromatic carboxylic acids is 1. The molecule has 5 nitrogen and oxygen atoms in total. The predicted octanol–water partition coefficient (Wildman–Crippen LogP) is 2.91. The van der Waals surface area contributed by atoms with E-state index >= 15 is 0 Å². The van der Waals surface area contributed by atoms with E-state index in [0.717, 1.165) is 5.56 Å². The molecule has 0 fully saturated rings. The van der Waals surface area contributed by atoms with Crippen LogP contribution in [0, 0.1) is 0 Å². The van der Waals surface area contributed by atoms with Gasteiger partial charge < -0.3 is 9.84 Å². The molecular weight excluding hydrogens is 268 g/mol. The topological polar surface area (TPSA) is 72.3 Å². The molecule has 0 spiro atoms. The second-order valence-corrected chi connectivity index (χ2v) is 4.51. The standard InChI is InChI=1S/C16H12N2O3/c19-16(20)12-6-14-15(17-8-12)7-13(9-18-14)21-10-11-4-2-1-3-5-11/h1-9H,10H2,(H,19,20). The Kier molecular flexibility index (Phi) is 3.47. The molecule has 21 heavy (non-hydrogen) atoms. The fourth-order valence-corrected chi connectivity index (χ4v) is 1.92. The molecule has 1 N–H and O–H groups in total. The third kappa shape index (κ3) is 2.97. The van der Waals surface area contributed by atoms with Gasteiger partial charge in [-0.1, -0.05) is 30.3 Å². The van der Waals surface area contributed by atoms with E-state index in [0.29, 0.717) is 23.4 Å². The Balaban J connectivity index is 1.81. The number of ether oxygens (including phenoxy) is 1. The summed E-state index contributed by atoms with van der Waals surface area (Å²) in [5.41, 5.74) is 2.31. The van der Waals surface area contributed by atoms with E-state index in [9.17, 15) is 4.79 Å². The van der Waals surface area contributed by atoms with E-state index in [1.165, 1.54) is 12.3 Å². The van der Waals surface area contributed by atoms with Crippen molar-refractivity contribution in [2.45, 2.75) is 6.61 Å². The highest BCUT2D eigenvalue weighted by atomic mass is 16.5. The van der Waals surface area contributed by atoms with Crippen LogP contribution in [0.15, 0.2) is 54.9 Å². The van der Waals surface area contributed by atoms with Crippen LogP contribution in [0.25, 0.3) is 11.0 Å². The summed E-state index contributed by atoms with van der Waals surface area (Å²) in [4.78, 5) is 19.2. The number of nitrogens with zero attached hydrogens (tertiary/aromatic N) is 2. The number of rotatable bonds is 4. The summed E-state index contributed by atoms with van der Waals surface area (Å²) in [6, 6.07) is 13.0. The maximum atomic E-state index is 10.9. The minimum atomic E-state index is -1.02. The van der Waals surface area contributed by atoms with Gasteiger partial charge in [0, 0.05) is 12.3 Å². The van der Waals surface area contributed by atoms with Crippen LogP contribution in [0.3, 0.4) is 0 Å². The normalized spacial score (nSPS) is 10.5. The summed E-state index contributed by atoms with van der Waals surface area (Å²) in [5, 5.41) is 8.92. The van der Waals surface area contributed by atoms with Crippen molar-refractivity contribution in [1.29, 1.82) is 0 Å². The van der Waals surface area contributed by atoms with Crippen molar-refractivity contribution >= 4 is 17.0 Å². The van der Waals surface area contributed by atoms with Crippen LogP contribution >= 0.6 is 0 Å². The fraction of sp³-hybridized carbons (Fsp3) is 0.0625. The van der Waals surface area contributed by atoms with Gasteiger partial charge in [0.15, 0.2) is 0 Å². The van der Waals surface area contributed by atoms with Crippen molar-refractivity contribution in [3.05, 3.63) is 66.0 Å². The summed E-state index contributed by atoms with van der Waals surface area (Å²) >= 11 is 0. The average Bonchev–Trinajstić information content (AvgIpc) is 2.53. The van der Waals surface area contributed by atoms with Gasteiger partial charge in [-0.3, -0.25) is 9.97 Å². The Hall–Kier alpha value is -2.95. The quantitative estimate of drug-likeness (QED) is 0.795. The monoisotopic (exact) mass is 280 g/mol. The molecule has 0 unspecified atom stereocenters. The highest BCUT2D eigenvalue weighted by Gasteiger charge is 2.06. The molecule has 0 bridgehead atoms. The van der Waals surface area contributed by atoms with Crippen LogP contribution in [-0.4, -0.2) is 21.0 Å². The number of hydrogen-bond donors (Lipinski definition) is 1. The van der Waals surface area contributed by atoms with Crippen LogP contribution < -0.4 is 4.74 Å². The zero-order valence-corrected chi connectivity index (χ0v) is 11.1. The zero-order valence-electron chi connectivity index (χ0n) is 11.1. The van der Waals surface area contributed by atoms with Crippen LogP contribution in [0.2, 0.25) is 0 Å². The lowest BCUT2D eigenvalue weighted by Gasteiger charge is -2.06. The SMILES string of the molecule is O=C(O)c1cnc2cc(OCc3ccccc3)cnc2c1. The number of benzene rings is 1. The molecule has 3 aromatic rings. The maximum absolute atomic E-state index is 10.9. The van der Waals surface area contributed by atoms with Gasteiger partial charge in [0.1, 0.15) is 12.4 Å². The van der Waals surface area contributed by atoms with Gasteiger partial charge in [-0.25, -0.2) is 4.79 Å². The molecule has 2 heterocycles. The molecule has 0 aliphatic rings. The molecule has 0 saturated carbocycles. The Morgan fingerprint density at radius 3 is 2.52 bits per heavy atom. The molecule has 3 rings (SSSR count). The van der Waals surface area contributed by atoms with Gasteiger partial charge in [0.25, 0.3) is 0 Å². The largest absolute Gasteiger partial charge is 0.487 e. The van der Waals surface area contributed by atoms with Gasteiger partial charge >= 0.3 is 5.97 Å². The lowest BCUT2D eigenvalue weighted by molar-refractivity contribution is 0.0696. The molecule has 0 amide bonds. The summed E-state index contributed by atoms with van der Waals surface area (Å²) in [6.07, 6.45) is 2.88. The number of aromatic nitrogens is 2. The van der Waals surface area contributed by atoms with Gasteiger partial charge in [-0.05, 0) is 11.6 Å². The highest BCUT2D eigenvalue weighted by Crippen LogP contribution is 2.18. The lowest BCUT2D eigenvalue weighted by atomic mass is 10.2. The molecule has 0 saturated heterocycles. The van der Waals surface area contributed by atoms with E-state index in [-0.39, 0.29) is 5.56 Å². The number of hydrogen-bond acceptors (Lipinski definition) is 4. The van der Waals surface area contributed by atoms with Crippen molar-refractivity contribution < 1.29 is 14.6 Å². The number of carbonyl (C=O) groups is 1. The van der Waals surface area contributed by atoms with Gasteiger partial charge in [0.05, 0.1) is 22.8 Å². The van der Waals surface area contributed by atoms with Crippen LogP contribution in [0.4, 0.5) is 0 Å². The van der Waals surface area contributed by atoms with Crippen molar-refractivity contribution in [2.75, 3.05) is 0 Å². The average molecular weight is 280 g/mol. The molecule has 0 aliphatic heterocycles. The summed E-state index contributed by atoms with van der Waals surface area (Å²) in [5.74, 6) is -0.419. The molecule has 2 aromatic heterocycles. The second kappa shape index (κ2) is 5.58. The minimum Gasteiger partial charge on any atom is -0.487 e. The van der Waals surface area contributed by atoms with Gasteiger partial charge in [0.2, 0.25) is 0 Å². The first-order valence-electron chi connectivity index (χ1n) is 6.38. The van der Waals surface area contributed by atoms with Crippen LogP contribution in [-0.2, 0) is 6.61 Å². The Morgan fingerprint density at radius 1 is 1.05 bits per heavy atom. The number of carboxylic acid groups (broad SMARTS) is 1. The smallest absolute Gasteiger partial charge is 0.337 e. The molecule has 1 aromatic carbocycles. The molecule has 0 aliphatic carbocycles. The molecule has 104 valence electrons. The second-order valence-electron chi connectivity index (χ2n) is 4.51. The Morgan fingerprint density at radius 2 is 1.76 bits per heavy atom. The third-order valence-electron chi connectivity index (χ3n) is 3.00. The van der Waals surface area contributed by atoms with E-state index in [4.69, 9.17) is 9.84 Å². The summed E-state index contributed by atoms with van der Waals surface area (Å²) in [6.45, 7) is 0.446. The van der Waals surface area contributed by atoms with Crippen molar-refractivity contribution in [3.8, 4) is 5.75 Å². The third-order valence-corrected chi connectivity index (χ3v) is 3.00. The summed E-state index contributed by atoms with van der Waals surface area (Å²) < 4.78 is 5.66. The molecule has 0 radical (unpaired) electrons. The van der Waals surface area contributed by atoms with Crippen molar-refractivity contribution in [3.63, 3.8) is 0 Å². The maximum Gasteiger partial charge on any atom is 0.337 e. The molecule has 0 atom stereocenters. The molecular formula is C16H12N2O3. The first-order valence-corrected chi connectivity index (χ1v) is 6.38. The van der Waals surface area contributed by atoms with Gasteiger partial charge in [-0.2, -0.15) is 0 Å². The Bertz CT molecular complexity index is 788. The van der Waals surface area contributed by atoms with E-state index in [1.807, 2.05) is 30.3 Å². The fourth-order valence-electron chi connectivity index (χ4n) is 1.92. The number of pyridine rings is 2. The van der Waals surface area contributed by atoms with Gasteiger partial charge in [-0.15, -0.1) is 0 Å². The number of carboxylic acids is 1. The van der Waals surface area contributed by atoms with Crippen LogP contribution in [0.5, 0.6) is 5.75 Å². The van der Waals surface area contributed by atoms with Crippen molar-refractivity contribution in [2.24, 2.45) is 0 Å². The Labute approximate surface area is 120 Å². The molecule has 5 heteroatoms. The van der Waals surface area contributed by atoms with Crippen molar-refractivity contribution in [1.82, 2.24) is 9.97 Å².